The minimum absolute atomic E-state index is 0.0587. The van der Waals surface area contributed by atoms with Gasteiger partial charge in [-0.25, -0.2) is 0 Å². The number of rotatable bonds is 10. The van der Waals surface area contributed by atoms with Gasteiger partial charge in [0, 0.05) is 26.4 Å². The molecule has 1 rings (SSSR count). The van der Waals surface area contributed by atoms with E-state index < -0.39 is 5.97 Å². The van der Waals surface area contributed by atoms with Gasteiger partial charge in [0.25, 0.3) is 0 Å². The van der Waals surface area contributed by atoms with Crippen LogP contribution < -0.4 is 5.32 Å². The number of carbonyl (C=O) groups excluding carboxylic acids is 2. The van der Waals surface area contributed by atoms with Crippen LogP contribution in [0.1, 0.15) is 38.2 Å². The number of carboxylic acid groups (broad SMARTS) is 1. The molecule has 1 aromatic rings. The highest BCUT2D eigenvalue weighted by atomic mass is 16.4. The summed E-state index contributed by atoms with van der Waals surface area (Å²) in [6.07, 6.45) is 2.63. The first-order chi connectivity index (χ1) is 11.0. The summed E-state index contributed by atoms with van der Waals surface area (Å²) >= 11 is 0. The lowest BCUT2D eigenvalue weighted by atomic mass is 10.1. The van der Waals surface area contributed by atoms with E-state index in [1.807, 2.05) is 30.3 Å². The Labute approximate surface area is 136 Å². The van der Waals surface area contributed by atoms with Crippen LogP contribution in [0.2, 0.25) is 0 Å². The maximum Gasteiger partial charge on any atom is 0.323 e. The van der Waals surface area contributed by atoms with Crippen molar-refractivity contribution in [2.75, 3.05) is 13.1 Å². The van der Waals surface area contributed by atoms with Gasteiger partial charge in [-0.1, -0.05) is 36.8 Å². The van der Waals surface area contributed by atoms with Crippen molar-refractivity contribution in [3.8, 4) is 0 Å². The fourth-order valence-corrected chi connectivity index (χ4v) is 2.20. The van der Waals surface area contributed by atoms with Crippen LogP contribution in [-0.4, -0.2) is 40.9 Å². The molecule has 0 radical (unpaired) electrons. The molecule has 126 valence electrons. The summed E-state index contributed by atoms with van der Waals surface area (Å²) in [6, 6.07) is 9.34. The van der Waals surface area contributed by atoms with Crippen LogP contribution in [0, 0.1) is 0 Å². The fourth-order valence-electron chi connectivity index (χ4n) is 2.20. The Hall–Kier alpha value is -2.37. The predicted octanol–water partition coefficient (Wildman–Crippen LogP) is 1.80. The largest absolute Gasteiger partial charge is 0.480 e. The maximum absolute atomic E-state index is 12.2. The van der Waals surface area contributed by atoms with Crippen LogP contribution in [0.25, 0.3) is 0 Å². The summed E-state index contributed by atoms with van der Waals surface area (Å²) in [6.45, 7) is 2.08. The molecule has 0 aliphatic carbocycles. The smallest absolute Gasteiger partial charge is 0.323 e. The molecule has 23 heavy (non-hydrogen) atoms. The van der Waals surface area contributed by atoms with E-state index in [1.165, 1.54) is 11.8 Å². The Morgan fingerprint density at radius 2 is 1.78 bits per heavy atom. The zero-order valence-corrected chi connectivity index (χ0v) is 13.5. The second-order valence-electron chi connectivity index (χ2n) is 5.42. The van der Waals surface area contributed by atoms with Crippen molar-refractivity contribution in [3.05, 3.63) is 35.9 Å². The Bertz CT molecular complexity index is 517. The number of carbonyl (C=O) groups is 3. The van der Waals surface area contributed by atoms with Crippen molar-refractivity contribution >= 4 is 17.8 Å². The number of carboxylic acids is 1. The predicted molar refractivity (Wildman–Crippen MR) is 86.6 cm³/mol. The first-order valence-corrected chi connectivity index (χ1v) is 7.77. The third-order valence-corrected chi connectivity index (χ3v) is 3.34. The van der Waals surface area contributed by atoms with Crippen molar-refractivity contribution in [1.82, 2.24) is 10.2 Å². The molecule has 0 saturated heterocycles. The molecule has 0 atom stereocenters. The molecular weight excluding hydrogens is 296 g/mol. The van der Waals surface area contributed by atoms with Gasteiger partial charge in [-0.2, -0.15) is 0 Å². The lowest BCUT2D eigenvalue weighted by Crippen LogP contribution is -2.35. The number of unbranched alkanes of at least 4 members (excludes halogenated alkanes) is 2. The molecule has 0 fully saturated rings. The van der Waals surface area contributed by atoms with E-state index >= 15 is 0 Å². The normalized spacial score (nSPS) is 10.1. The van der Waals surface area contributed by atoms with Gasteiger partial charge in [-0.3, -0.25) is 14.4 Å². The Balaban J connectivity index is 2.40. The average Bonchev–Trinajstić information content (AvgIpc) is 2.50. The Morgan fingerprint density at radius 3 is 2.39 bits per heavy atom. The summed E-state index contributed by atoms with van der Waals surface area (Å²) < 4.78 is 0. The minimum atomic E-state index is -1.01. The topological polar surface area (TPSA) is 86.7 Å². The molecule has 1 aromatic carbocycles. The highest BCUT2D eigenvalue weighted by Gasteiger charge is 2.16. The maximum atomic E-state index is 12.2. The number of amides is 2. The van der Waals surface area contributed by atoms with E-state index in [4.69, 9.17) is 5.11 Å². The SMILES string of the molecule is CC(=O)NCCCCCC(=O)N(CC(=O)O)Cc1ccccc1. The molecular formula is C17H24N2O4. The Kier molecular flexibility index (Phi) is 8.42. The van der Waals surface area contributed by atoms with Crippen LogP contribution >= 0.6 is 0 Å². The van der Waals surface area contributed by atoms with Crippen LogP contribution in [0.3, 0.4) is 0 Å². The summed E-state index contributed by atoms with van der Waals surface area (Å²) in [5.74, 6) is -1.23. The zero-order chi connectivity index (χ0) is 17.1. The van der Waals surface area contributed by atoms with Gasteiger partial charge in [-0.15, -0.1) is 0 Å². The molecule has 2 N–H and O–H groups in total. The first-order valence-electron chi connectivity index (χ1n) is 7.77. The number of nitrogens with zero attached hydrogens (tertiary/aromatic N) is 1. The second-order valence-corrected chi connectivity index (χ2v) is 5.42. The molecule has 6 heteroatoms. The molecule has 0 aromatic heterocycles. The van der Waals surface area contributed by atoms with E-state index in [2.05, 4.69) is 5.32 Å². The molecule has 0 aliphatic heterocycles. The first kappa shape index (κ1) is 18.7. The quantitative estimate of drug-likeness (QED) is 0.644. The number of hydrogen-bond donors (Lipinski definition) is 2. The molecule has 0 bridgehead atoms. The molecule has 6 nitrogen and oxygen atoms in total. The van der Waals surface area contributed by atoms with Crippen molar-refractivity contribution in [2.45, 2.75) is 39.2 Å². The number of aliphatic carboxylic acids is 1. The van der Waals surface area contributed by atoms with Gasteiger partial charge in [0.1, 0.15) is 6.54 Å². The summed E-state index contributed by atoms with van der Waals surface area (Å²) in [5.41, 5.74) is 0.910. The third kappa shape index (κ3) is 8.60. The zero-order valence-electron chi connectivity index (χ0n) is 13.5. The lowest BCUT2D eigenvalue weighted by molar-refractivity contribution is -0.145. The molecule has 0 heterocycles. The standard InChI is InChI=1S/C17H24N2O4/c1-14(20)18-11-7-3-6-10-16(21)19(13-17(22)23)12-15-8-4-2-5-9-15/h2,4-5,8-9H,3,6-7,10-13H2,1H3,(H,18,20)(H,22,23). The molecule has 0 aliphatic rings. The van der Waals surface area contributed by atoms with Crippen LogP contribution in [0.4, 0.5) is 0 Å². The number of benzene rings is 1. The van der Waals surface area contributed by atoms with Crippen LogP contribution in [0.5, 0.6) is 0 Å². The van der Waals surface area contributed by atoms with Gasteiger partial charge in [-0.05, 0) is 18.4 Å². The lowest BCUT2D eigenvalue weighted by Gasteiger charge is -2.21. The summed E-state index contributed by atoms with van der Waals surface area (Å²) in [5, 5.41) is 11.7. The monoisotopic (exact) mass is 320 g/mol. The molecule has 0 unspecified atom stereocenters. The van der Waals surface area contributed by atoms with Gasteiger partial charge in [0.15, 0.2) is 0 Å². The van der Waals surface area contributed by atoms with E-state index in [9.17, 15) is 14.4 Å². The van der Waals surface area contributed by atoms with Gasteiger partial charge >= 0.3 is 5.97 Å². The van der Waals surface area contributed by atoms with Crippen molar-refractivity contribution in [1.29, 1.82) is 0 Å². The van der Waals surface area contributed by atoms with Crippen LogP contribution in [-0.2, 0) is 20.9 Å². The second kappa shape index (κ2) is 10.4. The van der Waals surface area contributed by atoms with Gasteiger partial charge in [0.05, 0.1) is 0 Å². The van der Waals surface area contributed by atoms with E-state index in [0.717, 1.165) is 18.4 Å². The number of nitrogens with one attached hydrogen (secondary N) is 1. The van der Waals surface area contributed by atoms with E-state index in [1.54, 1.807) is 0 Å². The fraction of sp³-hybridized carbons (Fsp3) is 0.471. The highest BCUT2D eigenvalue weighted by Crippen LogP contribution is 2.09. The summed E-state index contributed by atoms with van der Waals surface area (Å²) in [7, 11) is 0. The third-order valence-electron chi connectivity index (χ3n) is 3.34. The highest BCUT2D eigenvalue weighted by molar-refractivity contribution is 5.81. The van der Waals surface area contributed by atoms with Gasteiger partial charge in [0.2, 0.25) is 11.8 Å². The minimum Gasteiger partial charge on any atom is -0.480 e. The molecule has 0 saturated carbocycles. The van der Waals surface area contributed by atoms with E-state index in [-0.39, 0.29) is 18.4 Å². The van der Waals surface area contributed by atoms with E-state index in [0.29, 0.717) is 25.9 Å². The van der Waals surface area contributed by atoms with Crippen molar-refractivity contribution in [2.24, 2.45) is 0 Å². The van der Waals surface area contributed by atoms with Crippen molar-refractivity contribution in [3.63, 3.8) is 0 Å². The summed E-state index contributed by atoms with van der Waals surface area (Å²) in [4.78, 5) is 35.3. The molecule has 2 amide bonds. The van der Waals surface area contributed by atoms with Crippen LogP contribution in [0.15, 0.2) is 30.3 Å². The van der Waals surface area contributed by atoms with Gasteiger partial charge < -0.3 is 15.3 Å². The van der Waals surface area contributed by atoms with Crippen molar-refractivity contribution < 1.29 is 19.5 Å². The molecule has 0 spiro atoms. The number of hydrogen-bond acceptors (Lipinski definition) is 3. The Morgan fingerprint density at radius 1 is 1.09 bits per heavy atom. The average molecular weight is 320 g/mol.